The quantitative estimate of drug-likeness (QED) is 0.868. The average molecular weight is 332 g/mol. The predicted octanol–water partition coefficient (Wildman–Crippen LogP) is 2.28. The third-order valence-electron chi connectivity index (χ3n) is 3.79. The van der Waals surface area contributed by atoms with E-state index in [0.29, 0.717) is 30.8 Å². The second kappa shape index (κ2) is 6.77. The van der Waals surface area contributed by atoms with E-state index in [-0.39, 0.29) is 19.1 Å². The summed E-state index contributed by atoms with van der Waals surface area (Å²) in [6.07, 6.45) is 1.45. The van der Waals surface area contributed by atoms with Crippen molar-refractivity contribution in [3.63, 3.8) is 0 Å². The number of carbonyl (C=O) groups excluding carboxylic acids is 1. The minimum absolute atomic E-state index is 0.0150. The van der Waals surface area contributed by atoms with Crippen molar-refractivity contribution in [3.8, 4) is 0 Å². The summed E-state index contributed by atoms with van der Waals surface area (Å²) in [4.78, 5) is 26.3. The number of nitrogens with zero attached hydrogens (tertiary/aromatic N) is 1. The van der Waals surface area contributed by atoms with Gasteiger partial charge in [0.15, 0.2) is 0 Å². The van der Waals surface area contributed by atoms with Gasteiger partial charge in [0.25, 0.3) is 0 Å². The molecule has 21 heavy (non-hydrogen) atoms. The number of likely N-dealkylation sites (tertiary alicyclic amines) is 1. The summed E-state index contributed by atoms with van der Waals surface area (Å²) in [6.45, 7) is 0.826. The number of hydrogen-bond acceptors (Lipinski definition) is 4. The molecule has 1 aromatic rings. The summed E-state index contributed by atoms with van der Waals surface area (Å²) in [5.74, 6) is -0.913. The molecule has 0 bridgehead atoms. The van der Waals surface area contributed by atoms with Crippen LogP contribution in [0.1, 0.15) is 17.7 Å². The SMILES string of the molecule is COCC1(C(=O)O)CCN(C(=O)CCc2cc(Cl)cs2)C1. The number of aliphatic carboxylic acids is 1. The average Bonchev–Trinajstić information content (AvgIpc) is 3.04. The smallest absolute Gasteiger partial charge is 0.313 e. The zero-order valence-electron chi connectivity index (χ0n) is 11.8. The minimum Gasteiger partial charge on any atom is -0.481 e. The van der Waals surface area contributed by atoms with Crippen LogP contribution in [0.15, 0.2) is 11.4 Å². The molecule has 5 nitrogen and oxygen atoms in total. The molecule has 1 atom stereocenters. The summed E-state index contributed by atoms with van der Waals surface area (Å²) in [7, 11) is 1.48. The number of rotatable bonds is 6. The van der Waals surface area contributed by atoms with Gasteiger partial charge in [-0.2, -0.15) is 0 Å². The molecule has 0 saturated carbocycles. The summed E-state index contributed by atoms with van der Waals surface area (Å²) >= 11 is 7.38. The van der Waals surface area contributed by atoms with Crippen LogP contribution in [0.2, 0.25) is 5.02 Å². The highest BCUT2D eigenvalue weighted by Crippen LogP contribution is 2.32. The lowest BCUT2D eigenvalue weighted by molar-refractivity contribution is -0.151. The van der Waals surface area contributed by atoms with Gasteiger partial charge in [-0.05, 0) is 18.9 Å². The second-order valence-electron chi connectivity index (χ2n) is 5.32. The molecular weight excluding hydrogens is 314 g/mol. The van der Waals surface area contributed by atoms with Crippen LogP contribution in [-0.2, 0) is 20.7 Å². The number of carboxylic acid groups (broad SMARTS) is 1. The number of amides is 1. The molecule has 0 aliphatic carbocycles. The minimum atomic E-state index is -0.962. The van der Waals surface area contributed by atoms with Gasteiger partial charge >= 0.3 is 5.97 Å². The van der Waals surface area contributed by atoms with Gasteiger partial charge in [0, 0.05) is 36.9 Å². The lowest BCUT2D eigenvalue weighted by Crippen LogP contribution is -2.40. The summed E-state index contributed by atoms with van der Waals surface area (Å²) in [5, 5.41) is 11.9. The molecule has 1 saturated heterocycles. The molecule has 1 N–H and O–H groups in total. The zero-order valence-corrected chi connectivity index (χ0v) is 13.4. The monoisotopic (exact) mass is 331 g/mol. The maximum Gasteiger partial charge on any atom is 0.313 e. The Morgan fingerprint density at radius 3 is 2.90 bits per heavy atom. The zero-order chi connectivity index (χ0) is 15.5. The van der Waals surface area contributed by atoms with E-state index in [1.54, 1.807) is 4.90 Å². The Kier molecular flexibility index (Phi) is 5.24. The predicted molar refractivity (Wildman–Crippen MR) is 80.8 cm³/mol. The molecule has 0 spiro atoms. The summed E-state index contributed by atoms with van der Waals surface area (Å²) in [5.41, 5.74) is -0.962. The van der Waals surface area contributed by atoms with E-state index in [4.69, 9.17) is 16.3 Å². The van der Waals surface area contributed by atoms with Crippen LogP contribution < -0.4 is 0 Å². The number of thiophene rings is 1. The lowest BCUT2D eigenvalue weighted by atomic mass is 9.88. The first kappa shape index (κ1) is 16.3. The van der Waals surface area contributed by atoms with E-state index in [1.165, 1.54) is 18.4 Å². The molecular formula is C14H18ClNO4S. The Bertz CT molecular complexity index is 533. The van der Waals surface area contributed by atoms with Crippen molar-refractivity contribution in [2.24, 2.45) is 5.41 Å². The van der Waals surface area contributed by atoms with Gasteiger partial charge in [0.2, 0.25) is 5.91 Å². The van der Waals surface area contributed by atoms with Gasteiger partial charge < -0.3 is 14.7 Å². The standard InChI is InChI=1S/C14H18ClNO4S/c1-20-9-14(13(18)19)4-5-16(8-14)12(17)3-2-11-6-10(15)7-21-11/h6-7H,2-5,8-9H2,1H3,(H,18,19). The molecule has 1 aliphatic heterocycles. The molecule has 0 radical (unpaired) electrons. The van der Waals surface area contributed by atoms with Gasteiger partial charge in [-0.25, -0.2) is 0 Å². The van der Waals surface area contributed by atoms with Crippen LogP contribution in [-0.4, -0.2) is 48.7 Å². The molecule has 2 rings (SSSR count). The van der Waals surface area contributed by atoms with Crippen molar-refractivity contribution < 1.29 is 19.4 Å². The summed E-state index contributed by atoms with van der Waals surface area (Å²) < 4.78 is 5.02. The number of ether oxygens (including phenoxy) is 1. The maximum atomic E-state index is 12.2. The largest absolute Gasteiger partial charge is 0.481 e. The van der Waals surface area contributed by atoms with E-state index >= 15 is 0 Å². The molecule has 2 heterocycles. The van der Waals surface area contributed by atoms with E-state index in [2.05, 4.69) is 0 Å². The third kappa shape index (κ3) is 3.75. The first-order chi connectivity index (χ1) is 9.97. The van der Waals surface area contributed by atoms with Gasteiger partial charge in [-0.3, -0.25) is 9.59 Å². The Labute approximate surface area is 132 Å². The Morgan fingerprint density at radius 1 is 1.57 bits per heavy atom. The van der Waals surface area contributed by atoms with Crippen molar-refractivity contribution in [2.45, 2.75) is 19.3 Å². The fourth-order valence-corrected chi connectivity index (χ4v) is 3.67. The second-order valence-corrected chi connectivity index (χ2v) is 6.75. The molecule has 1 fully saturated rings. The van der Waals surface area contributed by atoms with Gasteiger partial charge in [0.05, 0.1) is 11.6 Å². The van der Waals surface area contributed by atoms with Crippen LogP contribution in [0.3, 0.4) is 0 Å². The fraction of sp³-hybridized carbons (Fsp3) is 0.571. The first-order valence-electron chi connectivity index (χ1n) is 6.70. The molecule has 1 aromatic heterocycles. The van der Waals surface area contributed by atoms with Crippen molar-refractivity contribution in [2.75, 3.05) is 26.8 Å². The van der Waals surface area contributed by atoms with Crippen LogP contribution in [0.25, 0.3) is 0 Å². The topological polar surface area (TPSA) is 66.8 Å². The van der Waals surface area contributed by atoms with E-state index in [1.807, 2.05) is 11.4 Å². The van der Waals surface area contributed by atoms with Crippen molar-refractivity contribution in [1.82, 2.24) is 4.90 Å². The number of aryl methyl sites for hydroxylation is 1. The van der Waals surface area contributed by atoms with Crippen LogP contribution in [0.4, 0.5) is 0 Å². The van der Waals surface area contributed by atoms with Crippen molar-refractivity contribution in [1.29, 1.82) is 0 Å². The van der Waals surface area contributed by atoms with E-state index < -0.39 is 11.4 Å². The Hall–Kier alpha value is -1.11. The van der Waals surface area contributed by atoms with E-state index in [0.717, 1.165) is 4.88 Å². The number of methoxy groups -OCH3 is 1. The Morgan fingerprint density at radius 2 is 2.33 bits per heavy atom. The van der Waals surface area contributed by atoms with Crippen molar-refractivity contribution in [3.05, 3.63) is 21.3 Å². The molecule has 116 valence electrons. The third-order valence-corrected chi connectivity index (χ3v) is 5.13. The van der Waals surface area contributed by atoms with Gasteiger partial charge in [-0.15, -0.1) is 11.3 Å². The molecule has 7 heteroatoms. The van der Waals surface area contributed by atoms with Crippen LogP contribution in [0.5, 0.6) is 0 Å². The normalized spacial score (nSPS) is 21.7. The highest BCUT2D eigenvalue weighted by molar-refractivity contribution is 7.10. The fourth-order valence-electron chi connectivity index (χ4n) is 2.59. The maximum absolute atomic E-state index is 12.2. The molecule has 1 unspecified atom stereocenters. The van der Waals surface area contributed by atoms with Crippen LogP contribution in [0, 0.1) is 5.41 Å². The Balaban J connectivity index is 1.91. The number of halogens is 1. The van der Waals surface area contributed by atoms with Crippen molar-refractivity contribution >= 4 is 34.8 Å². The molecule has 0 aromatic carbocycles. The summed E-state index contributed by atoms with van der Waals surface area (Å²) in [6, 6.07) is 1.86. The van der Waals surface area contributed by atoms with Gasteiger partial charge in [-0.1, -0.05) is 11.6 Å². The molecule has 1 amide bonds. The number of carboxylic acids is 1. The van der Waals surface area contributed by atoms with E-state index in [9.17, 15) is 14.7 Å². The number of carbonyl (C=O) groups is 2. The highest BCUT2D eigenvalue weighted by Gasteiger charge is 2.46. The van der Waals surface area contributed by atoms with Gasteiger partial charge in [0.1, 0.15) is 5.41 Å². The van der Waals surface area contributed by atoms with Crippen LogP contribution >= 0.6 is 22.9 Å². The number of hydrogen-bond donors (Lipinski definition) is 1. The molecule has 1 aliphatic rings. The first-order valence-corrected chi connectivity index (χ1v) is 7.96. The highest BCUT2D eigenvalue weighted by atomic mass is 35.5. The lowest BCUT2D eigenvalue weighted by Gasteiger charge is -2.23.